The van der Waals surface area contributed by atoms with Crippen molar-refractivity contribution >= 4 is 11.3 Å². The normalized spacial score (nSPS) is 19.3. The minimum atomic E-state index is 0.0671. The van der Waals surface area contributed by atoms with Gasteiger partial charge in [-0.1, -0.05) is 6.42 Å². The molecule has 1 aromatic rings. The van der Waals surface area contributed by atoms with Crippen LogP contribution >= 0.6 is 11.3 Å². The largest absolute Gasteiger partial charge is 0.322 e. The lowest BCUT2D eigenvalue weighted by Crippen LogP contribution is -2.34. The van der Waals surface area contributed by atoms with Crippen molar-refractivity contribution in [3.8, 4) is 0 Å². The van der Waals surface area contributed by atoms with Crippen molar-refractivity contribution in [1.29, 1.82) is 0 Å². The average molecular weight is 211 g/mol. The van der Waals surface area contributed by atoms with Crippen LogP contribution in [0.2, 0.25) is 0 Å². The van der Waals surface area contributed by atoms with Gasteiger partial charge in [0.1, 0.15) is 5.01 Å². The molecule has 14 heavy (non-hydrogen) atoms. The second kappa shape index (κ2) is 4.38. The van der Waals surface area contributed by atoms with Gasteiger partial charge >= 0.3 is 0 Å². The third-order valence-corrected chi connectivity index (χ3v) is 3.73. The van der Waals surface area contributed by atoms with E-state index < -0.39 is 0 Å². The first-order valence-electron chi connectivity index (χ1n) is 5.19. The van der Waals surface area contributed by atoms with E-state index in [9.17, 15) is 0 Å². The fraction of sp³-hybridized carbons (Fsp3) is 0.700. The average Bonchev–Trinajstić information content (AvgIpc) is 2.50. The van der Waals surface area contributed by atoms with Crippen molar-refractivity contribution in [2.45, 2.75) is 44.8 Å². The Kier molecular flexibility index (Phi) is 3.15. The molecule has 0 radical (unpaired) electrons. The smallest absolute Gasteiger partial charge is 0.109 e. The Morgan fingerprint density at radius 2 is 2.50 bits per heavy atom. The van der Waals surface area contributed by atoms with E-state index in [-0.39, 0.29) is 6.04 Å². The number of hydrogen-bond acceptors (Lipinski definition) is 4. The minimum Gasteiger partial charge on any atom is -0.322 e. The molecule has 0 saturated heterocycles. The second-order valence-corrected chi connectivity index (χ2v) is 4.86. The third kappa shape index (κ3) is 2.32. The van der Waals surface area contributed by atoms with E-state index in [4.69, 9.17) is 5.73 Å². The second-order valence-electron chi connectivity index (χ2n) is 3.97. The quantitative estimate of drug-likeness (QED) is 0.798. The van der Waals surface area contributed by atoms with Crippen LogP contribution in [0.1, 0.15) is 42.9 Å². The molecule has 0 aromatic carbocycles. The van der Waals surface area contributed by atoms with Gasteiger partial charge in [0.2, 0.25) is 0 Å². The van der Waals surface area contributed by atoms with Crippen LogP contribution in [0.15, 0.2) is 5.38 Å². The summed E-state index contributed by atoms with van der Waals surface area (Å²) in [6.07, 6.45) is 4.02. The van der Waals surface area contributed by atoms with Gasteiger partial charge in [-0.15, -0.1) is 11.3 Å². The summed E-state index contributed by atoms with van der Waals surface area (Å²) in [5.41, 5.74) is 6.88. The molecule has 1 saturated carbocycles. The Balaban J connectivity index is 1.83. The first kappa shape index (κ1) is 10.1. The van der Waals surface area contributed by atoms with Gasteiger partial charge in [0, 0.05) is 18.0 Å². The summed E-state index contributed by atoms with van der Waals surface area (Å²) in [7, 11) is 0. The zero-order valence-electron chi connectivity index (χ0n) is 8.49. The molecule has 1 aliphatic carbocycles. The van der Waals surface area contributed by atoms with Crippen LogP contribution in [-0.2, 0) is 6.54 Å². The molecule has 78 valence electrons. The zero-order chi connectivity index (χ0) is 9.97. The van der Waals surface area contributed by atoms with Crippen molar-refractivity contribution in [1.82, 2.24) is 10.3 Å². The van der Waals surface area contributed by atoms with Gasteiger partial charge in [0.15, 0.2) is 0 Å². The molecule has 1 fully saturated rings. The molecule has 0 bridgehead atoms. The summed E-state index contributed by atoms with van der Waals surface area (Å²) in [5.74, 6) is 0. The summed E-state index contributed by atoms with van der Waals surface area (Å²) >= 11 is 1.66. The number of nitrogens with two attached hydrogens (primary N) is 1. The lowest BCUT2D eigenvalue weighted by atomic mass is 9.93. The van der Waals surface area contributed by atoms with E-state index in [1.165, 1.54) is 19.3 Å². The fourth-order valence-electron chi connectivity index (χ4n) is 1.47. The lowest BCUT2D eigenvalue weighted by molar-refractivity contribution is 0.337. The fourth-order valence-corrected chi connectivity index (χ4v) is 2.25. The monoisotopic (exact) mass is 211 g/mol. The molecule has 2 rings (SSSR count). The van der Waals surface area contributed by atoms with Crippen LogP contribution in [0, 0.1) is 0 Å². The molecule has 4 heteroatoms. The molecule has 1 aromatic heterocycles. The van der Waals surface area contributed by atoms with E-state index >= 15 is 0 Å². The first-order valence-corrected chi connectivity index (χ1v) is 6.07. The molecule has 0 amide bonds. The van der Waals surface area contributed by atoms with Gasteiger partial charge in [-0.2, -0.15) is 0 Å². The van der Waals surface area contributed by atoms with Crippen LogP contribution < -0.4 is 11.1 Å². The number of aromatic nitrogens is 1. The predicted molar refractivity (Wildman–Crippen MR) is 59.2 cm³/mol. The van der Waals surface area contributed by atoms with E-state index in [2.05, 4.69) is 15.7 Å². The summed E-state index contributed by atoms with van der Waals surface area (Å²) in [5, 5.41) is 6.63. The maximum absolute atomic E-state index is 5.75. The molecule has 0 aliphatic heterocycles. The number of nitrogens with zero attached hydrogens (tertiary/aromatic N) is 1. The van der Waals surface area contributed by atoms with Crippen LogP contribution in [0.3, 0.4) is 0 Å². The van der Waals surface area contributed by atoms with Crippen molar-refractivity contribution in [2.75, 3.05) is 0 Å². The van der Waals surface area contributed by atoms with Crippen LogP contribution in [0.25, 0.3) is 0 Å². The molecule has 3 N–H and O–H groups in total. The summed E-state index contributed by atoms with van der Waals surface area (Å²) in [6.45, 7) is 2.87. The maximum Gasteiger partial charge on any atom is 0.109 e. The van der Waals surface area contributed by atoms with Gasteiger partial charge in [-0.05, 0) is 19.8 Å². The molecule has 3 nitrogen and oxygen atoms in total. The maximum atomic E-state index is 5.75. The molecule has 1 unspecified atom stereocenters. The van der Waals surface area contributed by atoms with Gasteiger partial charge < -0.3 is 11.1 Å². The topological polar surface area (TPSA) is 50.9 Å². The Labute approximate surface area is 88.7 Å². The van der Waals surface area contributed by atoms with Crippen molar-refractivity contribution in [3.63, 3.8) is 0 Å². The van der Waals surface area contributed by atoms with Gasteiger partial charge in [-0.3, -0.25) is 0 Å². The van der Waals surface area contributed by atoms with Crippen molar-refractivity contribution in [3.05, 3.63) is 16.1 Å². The number of hydrogen-bond donors (Lipinski definition) is 2. The van der Waals surface area contributed by atoms with E-state index in [1.807, 2.05) is 6.92 Å². The SMILES string of the molecule is CC(N)c1nc(CNC2CCC2)cs1. The standard InChI is InChI=1S/C10H17N3S/c1-7(11)10-13-9(6-14-10)5-12-8-3-2-4-8/h6-8,12H,2-5,11H2,1H3. The van der Waals surface area contributed by atoms with Gasteiger partial charge in [-0.25, -0.2) is 4.98 Å². The lowest BCUT2D eigenvalue weighted by Gasteiger charge is -2.26. The van der Waals surface area contributed by atoms with Crippen LogP contribution in [-0.4, -0.2) is 11.0 Å². The highest BCUT2D eigenvalue weighted by Gasteiger charge is 2.16. The molecule has 1 heterocycles. The third-order valence-electron chi connectivity index (χ3n) is 2.64. The Hall–Kier alpha value is -0.450. The van der Waals surface area contributed by atoms with Gasteiger partial charge in [0.25, 0.3) is 0 Å². The highest BCUT2D eigenvalue weighted by Crippen LogP contribution is 2.20. The van der Waals surface area contributed by atoms with Crippen molar-refractivity contribution < 1.29 is 0 Å². The molecule has 1 aliphatic rings. The van der Waals surface area contributed by atoms with Crippen molar-refractivity contribution in [2.24, 2.45) is 5.73 Å². The van der Waals surface area contributed by atoms with Crippen LogP contribution in [0.5, 0.6) is 0 Å². The number of thiazole rings is 1. The number of nitrogens with one attached hydrogen (secondary N) is 1. The zero-order valence-corrected chi connectivity index (χ0v) is 9.31. The first-order chi connectivity index (χ1) is 6.75. The van der Waals surface area contributed by atoms with E-state index in [0.717, 1.165) is 23.3 Å². The summed E-state index contributed by atoms with van der Waals surface area (Å²) < 4.78 is 0. The predicted octanol–water partition coefficient (Wildman–Crippen LogP) is 1.80. The summed E-state index contributed by atoms with van der Waals surface area (Å²) in [4.78, 5) is 4.47. The molecular weight excluding hydrogens is 194 g/mol. The Morgan fingerprint density at radius 3 is 3.00 bits per heavy atom. The van der Waals surface area contributed by atoms with Crippen LogP contribution in [0.4, 0.5) is 0 Å². The number of rotatable bonds is 4. The highest BCUT2D eigenvalue weighted by molar-refractivity contribution is 7.09. The Morgan fingerprint density at radius 1 is 1.71 bits per heavy atom. The minimum absolute atomic E-state index is 0.0671. The molecular formula is C10H17N3S. The van der Waals surface area contributed by atoms with E-state index in [0.29, 0.717) is 0 Å². The molecule has 0 spiro atoms. The Bertz CT molecular complexity index is 291. The highest BCUT2D eigenvalue weighted by atomic mass is 32.1. The molecule has 1 atom stereocenters. The van der Waals surface area contributed by atoms with E-state index in [1.54, 1.807) is 11.3 Å². The summed E-state index contributed by atoms with van der Waals surface area (Å²) in [6, 6.07) is 0.799. The van der Waals surface area contributed by atoms with Gasteiger partial charge in [0.05, 0.1) is 11.7 Å².